The standard InChI is InChI=1S/C29H26Cl3FN6O4/c1-29(2,27(34)42)36-26(41)24(19-7-5-8-20(31)23(19)32)35-22(40)15-39-28(43)38(14-17-6-3-4-9-21(17)33)25(37-39)16-10-12-18(30)13-11-16/h3-13,24H,14-15H2,1-2H3,(H2,34,42)(H,35,40)(H,36,41). The van der Waals surface area contributed by atoms with Gasteiger partial charge in [0, 0.05) is 21.7 Å². The lowest BCUT2D eigenvalue weighted by molar-refractivity contribution is -0.133. The quantitative estimate of drug-likeness (QED) is 0.238. The topological polar surface area (TPSA) is 141 Å². The minimum absolute atomic E-state index is 0.00199. The van der Waals surface area contributed by atoms with Gasteiger partial charge < -0.3 is 16.4 Å². The molecule has 1 atom stereocenters. The molecule has 1 heterocycles. The molecule has 4 aromatic rings. The molecule has 4 rings (SSSR count). The van der Waals surface area contributed by atoms with Crippen molar-refractivity contribution in [1.29, 1.82) is 0 Å². The van der Waals surface area contributed by atoms with E-state index in [1.54, 1.807) is 30.3 Å². The summed E-state index contributed by atoms with van der Waals surface area (Å²) in [6.45, 7) is 2.00. The van der Waals surface area contributed by atoms with Crippen LogP contribution in [-0.4, -0.2) is 37.6 Å². The van der Waals surface area contributed by atoms with Crippen LogP contribution in [-0.2, 0) is 27.5 Å². The van der Waals surface area contributed by atoms with Crippen molar-refractivity contribution < 1.29 is 18.8 Å². The molecule has 14 heteroatoms. The van der Waals surface area contributed by atoms with E-state index in [1.807, 2.05) is 0 Å². The molecule has 0 saturated heterocycles. The van der Waals surface area contributed by atoms with Crippen LogP contribution in [0, 0.1) is 5.82 Å². The predicted molar refractivity (Wildman–Crippen MR) is 161 cm³/mol. The average molecular weight is 648 g/mol. The van der Waals surface area contributed by atoms with Crippen molar-refractivity contribution in [2.24, 2.45) is 5.73 Å². The monoisotopic (exact) mass is 646 g/mol. The SMILES string of the molecule is CC(C)(NC(=O)C(NC(=O)Cn1nc(-c2ccc(Cl)cc2)n(Cc2ccccc2F)c1=O)c1cccc(Cl)c1Cl)C(N)=O. The maximum absolute atomic E-state index is 14.5. The number of carbonyl (C=O) groups excluding carboxylic acids is 3. The molecule has 224 valence electrons. The van der Waals surface area contributed by atoms with Gasteiger partial charge in [-0.25, -0.2) is 13.9 Å². The third-order valence-corrected chi connectivity index (χ3v) is 7.60. The number of benzene rings is 3. The summed E-state index contributed by atoms with van der Waals surface area (Å²) in [4.78, 5) is 52.0. The minimum atomic E-state index is -1.47. The van der Waals surface area contributed by atoms with E-state index >= 15 is 0 Å². The van der Waals surface area contributed by atoms with Crippen molar-refractivity contribution in [2.45, 2.75) is 38.5 Å². The van der Waals surface area contributed by atoms with Gasteiger partial charge >= 0.3 is 5.69 Å². The van der Waals surface area contributed by atoms with Crippen molar-refractivity contribution in [3.8, 4) is 11.4 Å². The molecule has 1 unspecified atom stereocenters. The van der Waals surface area contributed by atoms with Gasteiger partial charge in [-0.2, -0.15) is 0 Å². The maximum Gasteiger partial charge on any atom is 0.347 e. The Hall–Kier alpha value is -4.19. The Labute approximate surface area is 260 Å². The summed E-state index contributed by atoms with van der Waals surface area (Å²) in [5.41, 5.74) is 4.08. The van der Waals surface area contributed by atoms with Crippen molar-refractivity contribution in [2.75, 3.05) is 0 Å². The van der Waals surface area contributed by atoms with E-state index in [1.165, 1.54) is 54.8 Å². The molecule has 0 aliphatic rings. The maximum atomic E-state index is 14.5. The summed E-state index contributed by atoms with van der Waals surface area (Å²) in [5, 5.41) is 9.95. The molecule has 0 spiro atoms. The van der Waals surface area contributed by atoms with Gasteiger partial charge in [0.15, 0.2) is 5.82 Å². The smallest absolute Gasteiger partial charge is 0.347 e. The number of hydrogen-bond donors (Lipinski definition) is 3. The molecular weight excluding hydrogens is 622 g/mol. The van der Waals surface area contributed by atoms with Crippen LogP contribution in [0.5, 0.6) is 0 Å². The number of aromatic nitrogens is 3. The average Bonchev–Trinajstić information content (AvgIpc) is 3.24. The number of rotatable bonds is 10. The largest absolute Gasteiger partial charge is 0.368 e. The molecule has 0 aliphatic carbocycles. The minimum Gasteiger partial charge on any atom is -0.368 e. The second kappa shape index (κ2) is 13.0. The number of hydrogen-bond acceptors (Lipinski definition) is 5. The van der Waals surface area contributed by atoms with Crippen molar-refractivity contribution in [3.63, 3.8) is 0 Å². The van der Waals surface area contributed by atoms with Crippen LogP contribution in [0.3, 0.4) is 0 Å². The molecule has 3 aromatic carbocycles. The highest BCUT2D eigenvalue weighted by molar-refractivity contribution is 6.42. The van der Waals surface area contributed by atoms with Crippen LogP contribution in [0.15, 0.2) is 71.5 Å². The van der Waals surface area contributed by atoms with E-state index < -0.39 is 47.4 Å². The van der Waals surface area contributed by atoms with Crippen LogP contribution in [0.4, 0.5) is 4.39 Å². The molecule has 0 saturated carbocycles. The Morgan fingerprint density at radius 2 is 1.67 bits per heavy atom. The zero-order valence-electron chi connectivity index (χ0n) is 22.9. The van der Waals surface area contributed by atoms with E-state index in [0.717, 1.165) is 4.68 Å². The van der Waals surface area contributed by atoms with Crippen molar-refractivity contribution in [3.05, 3.63) is 109 Å². The highest BCUT2D eigenvalue weighted by Gasteiger charge is 2.33. The zero-order chi connectivity index (χ0) is 31.5. The summed E-state index contributed by atoms with van der Waals surface area (Å²) in [7, 11) is 0. The first-order valence-corrected chi connectivity index (χ1v) is 13.9. The van der Waals surface area contributed by atoms with E-state index in [9.17, 15) is 23.6 Å². The fourth-order valence-electron chi connectivity index (χ4n) is 4.11. The summed E-state index contributed by atoms with van der Waals surface area (Å²) in [6, 6.07) is 15.5. The number of nitrogens with zero attached hydrogens (tertiary/aromatic N) is 3. The van der Waals surface area contributed by atoms with Crippen LogP contribution >= 0.6 is 34.8 Å². The van der Waals surface area contributed by atoms with E-state index in [4.69, 9.17) is 40.5 Å². The lowest BCUT2D eigenvalue weighted by atomic mass is 10.0. The van der Waals surface area contributed by atoms with Gasteiger partial charge in [-0.15, -0.1) is 5.10 Å². The fourth-order valence-corrected chi connectivity index (χ4v) is 4.65. The summed E-state index contributed by atoms with van der Waals surface area (Å²) in [6.07, 6.45) is 0. The van der Waals surface area contributed by atoms with Crippen LogP contribution < -0.4 is 22.1 Å². The number of halogens is 4. The molecule has 10 nitrogen and oxygen atoms in total. The van der Waals surface area contributed by atoms with Gasteiger partial charge in [-0.3, -0.25) is 19.0 Å². The van der Waals surface area contributed by atoms with Gasteiger partial charge in [0.1, 0.15) is 23.9 Å². The third-order valence-electron chi connectivity index (χ3n) is 6.52. The molecule has 0 radical (unpaired) electrons. The number of nitrogens with one attached hydrogen (secondary N) is 2. The third kappa shape index (κ3) is 7.24. The van der Waals surface area contributed by atoms with Crippen molar-refractivity contribution in [1.82, 2.24) is 25.0 Å². The Bertz CT molecular complexity index is 1750. The van der Waals surface area contributed by atoms with Crippen LogP contribution in [0.1, 0.15) is 31.0 Å². The van der Waals surface area contributed by atoms with E-state index in [2.05, 4.69) is 15.7 Å². The zero-order valence-corrected chi connectivity index (χ0v) is 25.2. The summed E-state index contributed by atoms with van der Waals surface area (Å²) < 4.78 is 16.6. The molecule has 43 heavy (non-hydrogen) atoms. The Morgan fingerprint density at radius 3 is 2.33 bits per heavy atom. The molecule has 0 fully saturated rings. The number of amides is 3. The highest BCUT2D eigenvalue weighted by Crippen LogP contribution is 2.30. The first-order chi connectivity index (χ1) is 20.3. The van der Waals surface area contributed by atoms with Crippen molar-refractivity contribution >= 4 is 52.5 Å². The summed E-state index contributed by atoms with van der Waals surface area (Å²) >= 11 is 18.5. The number of carbonyl (C=O) groups is 3. The lowest BCUT2D eigenvalue weighted by Crippen LogP contribution is -2.56. The number of nitrogens with two attached hydrogens (primary N) is 1. The van der Waals surface area contributed by atoms with Gasteiger partial charge in [0.2, 0.25) is 17.7 Å². The van der Waals surface area contributed by atoms with Gasteiger partial charge in [0.05, 0.1) is 16.6 Å². The second-order valence-electron chi connectivity index (χ2n) is 10.1. The molecule has 3 amide bonds. The molecule has 0 aliphatic heterocycles. The predicted octanol–water partition coefficient (Wildman–Crippen LogP) is 4.10. The van der Waals surface area contributed by atoms with E-state index in [0.29, 0.717) is 10.6 Å². The summed E-state index contributed by atoms with van der Waals surface area (Å²) in [5.74, 6) is -2.78. The van der Waals surface area contributed by atoms with Gasteiger partial charge in [-0.1, -0.05) is 65.1 Å². The number of primary amides is 1. The lowest BCUT2D eigenvalue weighted by Gasteiger charge is -2.27. The fraction of sp³-hybridized carbons (Fsp3) is 0.207. The Balaban J connectivity index is 1.69. The first kappa shape index (κ1) is 31.7. The molecule has 4 N–H and O–H groups in total. The highest BCUT2D eigenvalue weighted by atomic mass is 35.5. The van der Waals surface area contributed by atoms with E-state index in [-0.39, 0.29) is 33.5 Å². The molecular formula is C29H26Cl3FN6O4. The van der Waals surface area contributed by atoms with Crippen LogP contribution in [0.25, 0.3) is 11.4 Å². The normalized spacial score (nSPS) is 12.0. The first-order valence-electron chi connectivity index (χ1n) is 12.8. The Morgan fingerprint density at radius 1 is 1.00 bits per heavy atom. The second-order valence-corrected chi connectivity index (χ2v) is 11.3. The Kier molecular flexibility index (Phi) is 9.59. The van der Waals surface area contributed by atoms with Crippen LogP contribution in [0.2, 0.25) is 15.1 Å². The molecule has 1 aromatic heterocycles. The molecule has 0 bridgehead atoms. The van der Waals surface area contributed by atoms with Gasteiger partial charge in [0.25, 0.3) is 0 Å². The van der Waals surface area contributed by atoms with Gasteiger partial charge in [-0.05, 0) is 50.2 Å².